The van der Waals surface area contributed by atoms with Crippen LogP contribution in [-0.2, 0) is 16.6 Å². The average Bonchev–Trinajstić information content (AvgIpc) is 2.97. The minimum absolute atomic E-state index is 0.00932. The van der Waals surface area contributed by atoms with Gasteiger partial charge in [-0.25, -0.2) is 12.8 Å². The summed E-state index contributed by atoms with van der Waals surface area (Å²) in [6, 6.07) is 13.2. The van der Waals surface area contributed by atoms with Gasteiger partial charge in [0.2, 0.25) is 0 Å². The number of ether oxygens (including phenoxy) is 1. The predicted octanol–water partition coefficient (Wildman–Crippen LogP) is 5.72. The number of hydrogen-bond acceptors (Lipinski definition) is 6. The lowest BCUT2D eigenvalue weighted by atomic mass is 10.1. The van der Waals surface area contributed by atoms with E-state index in [1.54, 1.807) is 41.1 Å². The first-order valence-corrected chi connectivity index (χ1v) is 15.7. The molecule has 8 nitrogen and oxygen atoms in total. The maximum atomic E-state index is 14.3. The summed E-state index contributed by atoms with van der Waals surface area (Å²) in [7, 11) is -1.21. The number of anilines is 2. The van der Waals surface area contributed by atoms with Gasteiger partial charge < -0.3 is 14.5 Å². The summed E-state index contributed by atoms with van der Waals surface area (Å²) >= 11 is 5.84. The van der Waals surface area contributed by atoms with Crippen molar-refractivity contribution in [2.75, 3.05) is 56.0 Å². The Hall–Kier alpha value is -3.74. The number of hydrogen-bond donors (Lipinski definition) is 0. The highest BCUT2D eigenvalue weighted by atomic mass is 35.5. The van der Waals surface area contributed by atoms with Crippen molar-refractivity contribution >= 4 is 45.0 Å². The van der Waals surface area contributed by atoms with Gasteiger partial charge in [-0.1, -0.05) is 42.0 Å². The fourth-order valence-corrected chi connectivity index (χ4v) is 6.99. The van der Waals surface area contributed by atoms with Crippen molar-refractivity contribution in [3.05, 3.63) is 88.2 Å². The molecule has 0 spiro atoms. The maximum absolute atomic E-state index is 14.3. The van der Waals surface area contributed by atoms with E-state index in [0.29, 0.717) is 68.0 Å². The number of likely N-dealkylation sites (N-methyl/N-ethyl adjacent to an activating group) is 1. The number of piperazine rings is 1. The van der Waals surface area contributed by atoms with E-state index in [9.17, 15) is 26.4 Å². The number of carbonyl (C=O) groups is 1. The summed E-state index contributed by atoms with van der Waals surface area (Å²) < 4.78 is 76.1. The van der Waals surface area contributed by atoms with Crippen molar-refractivity contribution in [1.82, 2.24) is 9.80 Å². The lowest BCUT2D eigenvalue weighted by Crippen LogP contribution is -2.48. The average molecular weight is 649 g/mol. The molecule has 0 aliphatic carbocycles. The number of nitrogens with zero attached hydrogens (tertiary/aromatic N) is 4. The minimum Gasteiger partial charge on any atom is -0.430 e. The van der Waals surface area contributed by atoms with Gasteiger partial charge in [-0.05, 0) is 42.0 Å². The van der Waals surface area contributed by atoms with E-state index in [-0.39, 0.29) is 16.1 Å². The minimum atomic E-state index is -4.24. The van der Waals surface area contributed by atoms with Crippen molar-refractivity contribution < 1.29 is 31.1 Å². The molecule has 0 saturated carbocycles. The van der Waals surface area contributed by atoms with Crippen molar-refractivity contribution in [3.63, 3.8) is 0 Å². The third-order valence-electron chi connectivity index (χ3n) is 7.63. The maximum Gasteiger partial charge on any atom is 0.394 e. The molecule has 0 unspecified atom stereocenters. The molecule has 1 amide bonds. The van der Waals surface area contributed by atoms with E-state index in [1.807, 2.05) is 17.1 Å². The number of para-hydroxylation sites is 1. The van der Waals surface area contributed by atoms with Crippen LogP contribution in [0.2, 0.25) is 5.02 Å². The molecule has 0 aromatic heterocycles. The second-order valence-electron chi connectivity index (χ2n) is 10.8. The lowest BCUT2D eigenvalue weighted by Gasteiger charge is -2.35. The topological polar surface area (TPSA) is 73.4 Å². The lowest BCUT2D eigenvalue weighted by molar-refractivity contribution is -0.158. The zero-order chi connectivity index (χ0) is 31.8. The Morgan fingerprint density at radius 1 is 1.07 bits per heavy atom. The van der Waals surface area contributed by atoms with Crippen LogP contribution in [-0.4, -0.2) is 77.1 Å². The highest BCUT2D eigenvalue weighted by molar-refractivity contribution is 7.93. The van der Waals surface area contributed by atoms with E-state index in [2.05, 4.69) is 0 Å². The molecule has 0 atom stereocenters. The Bertz CT molecular complexity index is 1710. The van der Waals surface area contributed by atoms with Crippen molar-refractivity contribution in [2.24, 2.45) is 0 Å². The number of amides is 1. The Labute approximate surface area is 259 Å². The van der Waals surface area contributed by atoms with E-state index < -0.39 is 33.6 Å². The third kappa shape index (κ3) is 6.67. The van der Waals surface area contributed by atoms with Crippen LogP contribution in [0, 0.1) is 5.82 Å². The number of fused-ring (bicyclic) bond motifs is 1. The second kappa shape index (κ2) is 12.3. The Morgan fingerprint density at radius 2 is 1.80 bits per heavy atom. The van der Waals surface area contributed by atoms with Crippen LogP contribution in [0.5, 0.6) is 5.75 Å². The smallest absolute Gasteiger partial charge is 0.394 e. The van der Waals surface area contributed by atoms with Gasteiger partial charge in [-0.15, -0.1) is 0 Å². The van der Waals surface area contributed by atoms with Crippen molar-refractivity contribution in [1.29, 1.82) is 0 Å². The van der Waals surface area contributed by atoms with E-state index >= 15 is 0 Å². The van der Waals surface area contributed by atoms with Crippen LogP contribution < -0.4 is 13.9 Å². The monoisotopic (exact) mass is 648 g/mol. The normalized spacial score (nSPS) is 15.7. The molecule has 44 heavy (non-hydrogen) atoms. The number of sulfonamides is 1. The van der Waals surface area contributed by atoms with Gasteiger partial charge in [-0.2, -0.15) is 8.78 Å². The SMILES string of the molecule is CN1CC=Cc2cccc(S(=O)(=O)N(C)c3ccc(C(=O)N4CCN(Cc5ccc(Cl)cc5F)CC4)cc3OC(C)(F)F)c21. The zero-order valence-corrected chi connectivity index (χ0v) is 26.0. The standard InChI is InChI=1S/C31H32ClF3N4O4S/c1-31(34,35)43-27-18-22(30(40)39-16-14-38(15-17-39)20-23-9-11-24(32)19-25(23)33)10-12-26(27)37(3)44(41,42)28-8-4-6-21-7-5-13-36(2)29(21)28/h4-12,18-19H,13-17,20H2,1-3H3. The van der Waals surface area contributed by atoms with Crippen molar-refractivity contribution in [3.8, 4) is 5.75 Å². The first kappa shape index (κ1) is 31.7. The zero-order valence-electron chi connectivity index (χ0n) is 24.4. The molecule has 2 aliphatic heterocycles. The van der Waals surface area contributed by atoms with Gasteiger partial charge in [0.15, 0.2) is 5.75 Å². The summed E-state index contributed by atoms with van der Waals surface area (Å²) in [5.41, 5.74) is 1.62. The van der Waals surface area contributed by atoms with E-state index in [0.717, 1.165) is 10.4 Å². The first-order valence-electron chi connectivity index (χ1n) is 13.9. The Morgan fingerprint density at radius 3 is 2.48 bits per heavy atom. The highest BCUT2D eigenvalue weighted by Crippen LogP contribution is 2.39. The molecule has 3 aromatic carbocycles. The molecule has 2 aliphatic rings. The van der Waals surface area contributed by atoms with Crippen LogP contribution in [0.25, 0.3) is 6.08 Å². The number of rotatable bonds is 8. The molecule has 0 bridgehead atoms. The summed E-state index contributed by atoms with van der Waals surface area (Å²) in [6.45, 7) is 2.97. The molecule has 5 rings (SSSR count). The second-order valence-corrected chi connectivity index (χ2v) is 13.2. The number of alkyl halides is 2. The third-order valence-corrected chi connectivity index (χ3v) is 9.67. The molecular weight excluding hydrogens is 617 g/mol. The number of carbonyl (C=O) groups excluding carboxylic acids is 1. The van der Waals surface area contributed by atoms with Gasteiger partial charge in [0.25, 0.3) is 15.9 Å². The van der Waals surface area contributed by atoms with Gasteiger partial charge in [0.05, 0.1) is 11.4 Å². The quantitative estimate of drug-likeness (QED) is 0.311. The molecule has 3 aromatic rings. The molecular formula is C31H32ClF3N4O4S. The molecule has 234 valence electrons. The van der Waals surface area contributed by atoms with Crippen molar-refractivity contribution in [2.45, 2.75) is 24.5 Å². The fourth-order valence-electron chi connectivity index (χ4n) is 5.36. The van der Waals surface area contributed by atoms with Crippen LogP contribution in [0.15, 0.2) is 65.6 Å². The molecule has 1 saturated heterocycles. The summed E-state index contributed by atoms with van der Waals surface area (Å²) in [4.78, 5) is 18.8. The summed E-state index contributed by atoms with van der Waals surface area (Å²) in [5, 5.41) is 0.310. The number of halogens is 4. The van der Waals surface area contributed by atoms with Crippen LogP contribution in [0.4, 0.5) is 24.5 Å². The Balaban J connectivity index is 1.38. The molecule has 1 fully saturated rings. The largest absolute Gasteiger partial charge is 0.430 e. The highest BCUT2D eigenvalue weighted by Gasteiger charge is 2.33. The predicted molar refractivity (Wildman–Crippen MR) is 165 cm³/mol. The Kier molecular flexibility index (Phi) is 8.88. The van der Waals surface area contributed by atoms with E-state index in [4.69, 9.17) is 16.3 Å². The molecule has 2 heterocycles. The van der Waals surface area contributed by atoms with Gasteiger partial charge in [0, 0.05) is 76.4 Å². The van der Waals surface area contributed by atoms with Gasteiger partial charge >= 0.3 is 6.11 Å². The van der Waals surface area contributed by atoms with Crippen LogP contribution >= 0.6 is 11.6 Å². The van der Waals surface area contributed by atoms with Gasteiger partial charge in [-0.3, -0.25) is 14.0 Å². The summed E-state index contributed by atoms with van der Waals surface area (Å²) in [6.07, 6.45) is 0.0873. The molecule has 0 radical (unpaired) electrons. The first-order chi connectivity index (χ1) is 20.7. The van der Waals surface area contributed by atoms with Crippen LogP contribution in [0.3, 0.4) is 0 Å². The number of benzene rings is 3. The molecule has 13 heteroatoms. The van der Waals surface area contributed by atoms with Crippen LogP contribution in [0.1, 0.15) is 28.4 Å². The summed E-state index contributed by atoms with van der Waals surface area (Å²) in [5.74, 6) is -1.28. The molecule has 0 N–H and O–H groups in total. The van der Waals surface area contributed by atoms with Gasteiger partial charge in [0.1, 0.15) is 10.7 Å². The van der Waals surface area contributed by atoms with E-state index in [1.165, 1.54) is 31.3 Å². The fraction of sp³-hybridized carbons (Fsp3) is 0.323.